The Labute approximate surface area is 193 Å². The number of hydrogen-bond donors (Lipinski definition) is 1. The largest absolute Gasteiger partial charge is 0.489 e. The van der Waals surface area contributed by atoms with Crippen LogP contribution in [0.1, 0.15) is 61.2 Å². The van der Waals surface area contributed by atoms with Crippen molar-refractivity contribution in [1.29, 1.82) is 0 Å². The fourth-order valence-corrected chi connectivity index (χ4v) is 4.11. The van der Waals surface area contributed by atoms with Gasteiger partial charge in [-0.2, -0.15) is 11.3 Å². The van der Waals surface area contributed by atoms with E-state index in [-0.39, 0.29) is 18.5 Å². The zero-order chi connectivity index (χ0) is 22.9. The van der Waals surface area contributed by atoms with Crippen LogP contribution in [0.25, 0.3) is 0 Å². The van der Waals surface area contributed by atoms with Gasteiger partial charge in [0, 0.05) is 18.1 Å². The van der Waals surface area contributed by atoms with Gasteiger partial charge in [0.25, 0.3) is 0 Å². The minimum Gasteiger partial charge on any atom is -0.489 e. The molecule has 1 N–H and O–H groups in total. The van der Waals surface area contributed by atoms with Gasteiger partial charge in [-0.15, -0.1) is 0 Å². The van der Waals surface area contributed by atoms with Crippen molar-refractivity contribution in [2.24, 2.45) is 0 Å². The predicted octanol–water partition coefficient (Wildman–Crippen LogP) is 6.15. The molecule has 0 bridgehead atoms. The second-order valence-electron chi connectivity index (χ2n) is 7.60. The molecule has 5 nitrogen and oxygen atoms in total. The van der Waals surface area contributed by atoms with Gasteiger partial charge in [-0.1, -0.05) is 24.3 Å². The average molecular weight is 455 g/mol. The summed E-state index contributed by atoms with van der Waals surface area (Å²) in [4.78, 5) is 12.0. The quantitative estimate of drug-likeness (QED) is 0.352. The topological polar surface area (TPSA) is 65.0 Å². The third-order valence-corrected chi connectivity index (χ3v) is 5.87. The number of ether oxygens (including phenoxy) is 3. The smallest absolute Gasteiger partial charge is 0.305 e. The molecule has 2 aromatic carbocycles. The van der Waals surface area contributed by atoms with Crippen molar-refractivity contribution in [3.05, 3.63) is 81.5 Å². The number of carbonyl (C=O) groups is 1. The molecule has 0 amide bonds. The van der Waals surface area contributed by atoms with Crippen molar-refractivity contribution in [1.82, 2.24) is 0 Å². The highest BCUT2D eigenvalue weighted by Gasteiger charge is 2.21. The standard InChI is InChI=1S/C26H30O5S/c1-4-29-26(28)12-11-24(22-8-6-5-7-18(22)2)31-25-15-21(9-10-23(25)19(3)27)30-16-20-13-14-32-17-20/h5-10,13-15,17,19,24,27H,4,11-12,16H2,1-3H3. The van der Waals surface area contributed by atoms with E-state index >= 15 is 0 Å². The second kappa shape index (κ2) is 11.7. The molecule has 0 saturated heterocycles. The summed E-state index contributed by atoms with van der Waals surface area (Å²) in [7, 11) is 0. The number of esters is 1. The van der Waals surface area contributed by atoms with Gasteiger partial charge in [-0.25, -0.2) is 0 Å². The van der Waals surface area contributed by atoms with Crippen LogP contribution < -0.4 is 9.47 Å². The Hall–Kier alpha value is -2.83. The molecule has 0 fully saturated rings. The molecule has 0 spiro atoms. The molecule has 170 valence electrons. The molecule has 0 radical (unpaired) electrons. The molecule has 6 heteroatoms. The minimum atomic E-state index is -0.710. The summed E-state index contributed by atoms with van der Waals surface area (Å²) in [5.74, 6) is 0.947. The van der Waals surface area contributed by atoms with Gasteiger partial charge in [0.05, 0.1) is 12.7 Å². The van der Waals surface area contributed by atoms with Crippen LogP contribution in [0.4, 0.5) is 0 Å². The number of aryl methyl sites for hydroxylation is 1. The van der Waals surface area contributed by atoms with E-state index < -0.39 is 6.10 Å². The third kappa shape index (κ3) is 6.58. The molecule has 3 aromatic rings. The maximum Gasteiger partial charge on any atom is 0.305 e. The number of rotatable bonds is 11. The highest BCUT2D eigenvalue weighted by Crippen LogP contribution is 2.35. The molecule has 1 aromatic heterocycles. The van der Waals surface area contributed by atoms with Crippen molar-refractivity contribution in [3.63, 3.8) is 0 Å². The Morgan fingerprint density at radius 2 is 1.94 bits per heavy atom. The summed E-state index contributed by atoms with van der Waals surface area (Å²) in [6, 6.07) is 15.4. The van der Waals surface area contributed by atoms with E-state index in [2.05, 4.69) is 0 Å². The molecule has 2 atom stereocenters. The van der Waals surface area contributed by atoms with Crippen LogP contribution in [0.15, 0.2) is 59.3 Å². The van der Waals surface area contributed by atoms with Crippen molar-refractivity contribution in [3.8, 4) is 11.5 Å². The van der Waals surface area contributed by atoms with E-state index in [0.717, 1.165) is 16.7 Å². The third-order valence-electron chi connectivity index (χ3n) is 5.14. The highest BCUT2D eigenvalue weighted by atomic mass is 32.1. The SMILES string of the molecule is CCOC(=O)CCC(Oc1cc(OCc2ccsc2)ccc1C(C)O)c1ccccc1C. The van der Waals surface area contributed by atoms with Gasteiger partial charge in [-0.05, 0) is 72.8 Å². The first kappa shape index (κ1) is 23.8. The highest BCUT2D eigenvalue weighted by molar-refractivity contribution is 7.07. The maximum absolute atomic E-state index is 12.0. The van der Waals surface area contributed by atoms with Gasteiger partial charge in [0.15, 0.2) is 0 Å². The van der Waals surface area contributed by atoms with Crippen LogP contribution in [-0.2, 0) is 16.1 Å². The fraction of sp³-hybridized carbons (Fsp3) is 0.346. The maximum atomic E-state index is 12.0. The van der Waals surface area contributed by atoms with Crippen LogP contribution in [0.2, 0.25) is 0 Å². The summed E-state index contributed by atoms with van der Waals surface area (Å²) >= 11 is 1.63. The second-order valence-corrected chi connectivity index (χ2v) is 8.38. The minimum absolute atomic E-state index is 0.241. The monoisotopic (exact) mass is 454 g/mol. The Kier molecular flexibility index (Phi) is 8.71. The van der Waals surface area contributed by atoms with Gasteiger partial charge in [0.1, 0.15) is 24.2 Å². The molecule has 0 aliphatic carbocycles. The molecule has 0 aliphatic rings. The van der Waals surface area contributed by atoms with Crippen LogP contribution in [-0.4, -0.2) is 17.7 Å². The summed E-state index contributed by atoms with van der Waals surface area (Å²) in [6.07, 6.45) is -0.377. The Bertz CT molecular complexity index is 997. The van der Waals surface area contributed by atoms with E-state index in [4.69, 9.17) is 14.2 Å². The molecular weight excluding hydrogens is 424 g/mol. The lowest BCUT2D eigenvalue weighted by Gasteiger charge is -2.24. The van der Waals surface area contributed by atoms with Crippen LogP contribution in [0, 0.1) is 6.92 Å². The van der Waals surface area contributed by atoms with Gasteiger partial charge >= 0.3 is 5.97 Å². The lowest BCUT2D eigenvalue weighted by Crippen LogP contribution is -2.14. The molecule has 32 heavy (non-hydrogen) atoms. The zero-order valence-electron chi connectivity index (χ0n) is 18.7. The van der Waals surface area contributed by atoms with Gasteiger partial charge < -0.3 is 19.3 Å². The van der Waals surface area contributed by atoms with Crippen LogP contribution in [0.3, 0.4) is 0 Å². The number of aliphatic hydroxyl groups is 1. The zero-order valence-corrected chi connectivity index (χ0v) is 19.6. The Morgan fingerprint density at radius 3 is 2.62 bits per heavy atom. The summed E-state index contributed by atoms with van der Waals surface area (Å²) in [6.45, 7) is 6.33. The lowest BCUT2D eigenvalue weighted by atomic mass is 9.99. The van der Waals surface area contributed by atoms with Crippen molar-refractivity contribution in [2.45, 2.75) is 52.4 Å². The van der Waals surface area contributed by atoms with E-state index in [1.165, 1.54) is 0 Å². The summed E-state index contributed by atoms with van der Waals surface area (Å²) < 4.78 is 17.5. The number of carbonyl (C=O) groups excluding carboxylic acids is 1. The number of benzene rings is 2. The van der Waals surface area contributed by atoms with Crippen LogP contribution in [0.5, 0.6) is 11.5 Å². The van der Waals surface area contributed by atoms with Gasteiger partial charge in [-0.3, -0.25) is 4.79 Å². The molecule has 1 heterocycles. The van der Waals surface area contributed by atoms with Gasteiger partial charge in [0.2, 0.25) is 0 Å². The molecular formula is C26H30O5S. The van der Waals surface area contributed by atoms with Crippen molar-refractivity contribution >= 4 is 17.3 Å². The first-order chi connectivity index (χ1) is 15.5. The number of hydrogen-bond acceptors (Lipinski definition) is 6. The summed E-state index contributed by atoms with van der Waals surface area (Å²) in [5, 5.41) is 14.4. The average Bonchev–Trinajstić information content (AvgIpc) is 3.29. The van der Waals surface area contributed by atoms with Crippen LogP contribution >= 0.6 is 11.3 Å². The fourth-order valence-electron chi connectivity index (χ4n) is 3.45. The predicted molar refractivity (Wildman–Crippen MR) is 126 cm³/mol. The summed E-state index contributed by atoms with van der Waals surface area (Å²) in [5.41, 5.74) is 3.84. The first-order valence-electron chi connectivity index (χ1n) is 10.8. The first-order valence-corrected chi connectivity index (χ1v) is 11.8. The molecule has 3 rings (SSSR count). The lowest BCUT2D eigenvalue weighted by molar-refractivity contribution is -0.143. The van der Waals surface area contributed by atoms with Crippen molar-refractivity contribution in [2.75, 3.05) is 6.61 Å². The normalized spacial score (nSPS) is 12.8. The van der Waals surface area contributed by atoms with E-state index in [1.54, 1.807) is 25.2 Å². The van der Waals surface area contributed by atoms with E-state index in [9.17, 15) is 9.90 Å². The Morgan fingerprint density at radius 1 is 1.12 bits per heavy atom. The molecule has 2 unspecified atom stereocenters. The number of aliphatic hydroxyl groups excluding tert-OH is 1. The molecule has 0 aliphatic heterocycles. The Balaban J connectivity index is 1.85. The number of thiophene rings is 1. The van der Waals surface area contributed by atoms with E-state index in [0.29, 0.717) is 36.7 Å². The molecule has 0 saturated carbocycles. The van der Waals surface area contributed by atoms with E-state index in [1.807, 2.05) is 66.2 Å². The van der Waals surface area contributed by atoms with Crippen molar-refractivity contribution < 1.29 is 24.1 Å².